The molecule has 2 aromatic rings. The molecule has 5 heteroatoms. The van der Waals surface area contributed by atoms with Crippen molar-refractivity contribution in [3.63, 3.8) is 0 Å². The molecule has 1 aromatic carbocycles. The van der Waals surface area contributed by atoms with Gasteiger partial charge in [-0.15, -0.1) is 0 Å². The van der Waals surface area contributed by atoms with Crippen LogP contribution in [0.2, 0.25) is 5.02 Å². The van der Waals surface area contributed by atoms with Crippen molar-refractivity contribution in [3.8, 4) is 11.4 Å². The molecule has 4 nitrogen and oxygen atoms in total. The molecule has 0 saturated carbocycles. The van der Waals surface area contributed by atoms with Crippen LogP contribution in [0.5, 0.6) is 0 Å². The normalized spacial score (nSPS) is 10.4. The van der Waals surface area contributed by atoms with E-state index in [-0.39, 0.29) is 12.1 Å². The molecule has 0 radical (unpaired) electrons. The maximum Gasteiger partial charge on any atom is 0.255 e. The molecule has 0 spiro atoms. The van der Waals surface area contributed by atoms with Crippen LogP contribution < -0.4 is 11.3 Å². The van der Waals surface area contributed by atoms with Gasteiger partial charge in [0, 0.05) is 28.9 Å². The first-order valence-electron chi connectivity index (χ1n) is 4.75. The first kappa shape index (κ1) is 10.9. The van der Waals surface area contributed by atoms with Gasteiger partial charge in [-0.05, 0) is 12.1 Å². The largest absolute Gasteiger partial charge is 0.326 e. The van der Waals surface area contributed by atoms with Crippen LogP contribution >= 0.6 is 11.6 Å². The van der Waals surface area contributed by atoms with Gasteiger partial charge in [0.25, 0.3) is 5.56 Å². The summed E-state index contributed by atoms with van der Waals surface area (Å²) in [5.74, 6) is 0.490. The second kappa shape index (κ2) is 4.47. The Balaban J connectivity index is 2.49. The van der Waals surface area contributed by atoms with E-state index in [0.29, 0.717) is 16.4 Å². The van der Waals surface area contributed by atoms with Gasteiger partial charge >= 0.3 is 0 Å². The van der Waals surface area contributed by atoms with Crippen LogP contribution in [0.4, 0.5) is 0 Å². The third-order valence-corrected chi connectivity index (χ3v) is 2.43. The SMILES string of the molecule is NCc1cnc(-c2cccc(Cl)c2)[nH]c1=O. The number of nitrogens with two attached hydrogens (primary N) is 1. The number of benzene rings is 1. The summed E-state index contributed by atoms with van der Waals surface area (Å²) in [7, 11) is 0. The number of aromatic amines is 1. The lowest BCUT2D eigenvalue weighted by atomic mass is 10.2. The lowest BCUT2D eigenvalue weighted by Gasteiger charge is -2.02. The number of nitrogens with zero attached hydrogens (tertiary/aromatic N) is 1. The van der Waals surface area contributed by atoms with E-state index in [0.717, 1.165) is 5.56 Å². The maximum atomic E-state index is 11.5. The Morgan fingerprint density at radius 1 is 1.44 bits per heavy atom. The average Bonchev–Trinajstić information content (AvgIpc) is 2.29. The van der Waals surface area contributed by atoms with E-state index in [2.05, 4.69) is 9.97 Å². The first-order chi connectivity index (χ1) is 7.70. The Morgan fingerprint density at radius 2 is 2.25 bits per heavy atom. The second-order valence-electron chi connectivity index (χ2n) is 3.30. The van der Waals surface area contributed by atoms with Crippen LogP contribution in [0.1, 0.15) is 5.56 Å². The van der Waals surface area contributed by atoms with Gasteiger partial charge < -0.3 is 10.7 Å². The zero-order chi connectivity index (χ0) is 11.5. The zero-order valence-electron chi connectivity index (χ0n) is 8.40. The topological polar surface area (TPSA) is 71.8 Å². The van der Waals surface area contributed by atoms with Gasteiger partial charge in [-0.2, -0.15) is 0 Å². The molecule has 0 saturated heterocycles. The summed E-state index contributed by atoms with van der Waals surface area (Å²) < 4.78 is 0. The molecule has 16 heavy (non-hydrogen) atoms. The summed E-state index contributed by atoms with van der Waals surface area (Å²) in [5.41, 5.74) is 6.40. The molecule has 1 heterocycles. The van der Waals surface area contributed by atoms with Crippen molar-refractivity contribution in [2.75, 3.05) is 0 Å². The van der Waals surface area contributed by atoms with Crippen LogP contribution in [0.15, 0.2) is 35.3 Å². The van der Waals surface area contributed by atoms with Crippen molar-refractivity contribution in [1.29, 1.82) is 0 Å². The molecule has 0 amide bonds. The van der Waals surface area contributed by atoms with Crippen molar-refractivity contribution in [2.45, 2.75) is 6.54 Å². The number of rotatable bonds is 2. The van der Waals surface area contributed by atoms with Crippen molar-refractivity contribution in [1.82, 2.24) is 9.97 Å². The molecule has 1 aromatic heterocycles. The summed E-state index contributed by atoms with van der Waals surface area (Å²) in [6.07, 6.45) is 1.48. The van der Waals surface area contributed by atoms with Gasteiger partial charge in [-0.1, -0.05) is 23.7 Å². The monoisotopic (exact) mass is 235 g/mol. The van der Waals surface area contributed by atoms with Gasteiger partial charge in [0.05, 0.1) is 0 Å². The van der Waals surface area contributed by atoms with Gasteiger partial charge in [0.2, 0.25) is 0 Å². The minimum atomic E-state index is -0.215. The highest BCUT2D eigenvalue weighted by molar-refractivity contribution is 6.30. The standard InChI is InChI=1S/C11H10ClN3O/c12-9-3-1-2-7(4-9)10-14-6-8(5-13)11(16)15-10/h1-4,6H,5,13H2,(H,14,15,16). The number of H-pyrrole nitrogens is 1. The summed E-state index contributed by atoms with van der Waals surface area (Å²) in [6.45, 7) is 0.179. The van der Waals surface area contributed by atoms with E-state index in [1.807, 2.05) is 6.07 Å². The fourth-order valence-corrected chi connectivity index (χ4v) is 1.54. The first-order valence-corrected chi connectivity index (χ1v) is 5.12. The van der Waals surface area contributed by atoms with Crippen molar-refractivity contribution >= 4 is 11.6 Å². The molecule has 0 aliphatic rings. The van der Waals surface area contributed by atoms with Gasteiger partial charge in [0.15, 0.2) is 0 Å². The molecule has 0 aliphatic carbocycles. The van der Waals surface area contributed by atoms with E-state index in [9.17, 15) is 4.79 Å². The second-order valence-corrected chi connectivity index (χ2v) is 3.74. The molecule has 0 atom stereocenters. The lowest BCUT2D eigenvalue weighted by molar-refractivity contribution is 0.979. The minimum absolute atomic E-state index is 0.179. The summed E-state index contributed by atoms with van der Waals surface area (Å²) >= 11 is 5.85. The van der Waals surface area contributed by atoms with Crippen LogP contribution in [0.25, 0.3) is 11.4 Å². The van der Waals surface area contributed by atoms with E-state index in [4.69, 9.17) is 17.3 Å². The minimum Gasteiger partial charge on any atom is -0.326 e. The van der Waals surface area contributed by atoms with Crippen molar-refractivity contribution in [2.24, 2.45) is 5.73 Å². The van der Waals surface area contributed by atoms with Gasteiger partial charge in [0.1, 0.15) is 5.82 Å². The fraction of sp³-hybridized carbons (Fsp3) is 0.0909. The highest BCUT2D eigenvalue weighted by Crippen LogP contribution is 2.18. The van der Waals surface area contributed by atoms with Gasteiger partial charge in [-0.3, -0.25) is 4.79 Å². The third-order valence-electron chi connectivity index (χ3n) is 2.19. The van der Waals surface area contributed by atoms with Crippen LogP contribution in [-0.2, 0) is 6.54 Å². The Hall–Kier alpha value is -1.65. The smallest absolute Gasteiger partial charge is 0.255 e. The third kappa shape index (κ3) is 2.13. The summed E-state index contributed by atoms with van der Waals surface area (Å²) in [4.78, 5) is 18.3. The Morgan fingerprint density at radius 3 is 2.88 bits per heavy atom. The summed E-state index contributed by atoms with van der Waals surface area (Å²) in [5, 5.41) is 0.600. The van der Waals surface area contributed by atoms with E-state index in [1.165, 1.54) is 6.20 Å². The molecular formula is C11H10ClN3O. The zero-order valence-corrected chi connectivity index (χ0v) is 9.16. The van der Waals surface area contributed by atoms with E-state index in [1.54, 1.807) is 18.2 Å². The Bertz CT molecular complexity index is 565. The number of halogens is 1. The molecule has 82 valence electrons. The van der Waals surface area contributed by atoms with Crippen LogP contribution in [0, 0.1) is 0 Å². The molecule has 0 aliphatic heterocycles. The predicted octanol–water partition coefficient (Wildman–Crippen LogP) is 1.55. The quantitative estimate of drug-likeness (QED) is 0.830. The highest BCUT2D eigenvalue weighted by atomic mass is 35.5. The van der Waals surface area contributed by atoms with Crippen molar-refractivity contribution in [3.05, 3.63) is 51.4 Å². The average molecular weight is 236 g/mol. The number of nitrogens with one attached hydrogen (secondary N) is 1. The summed E-state index contributed by atoms with van der Waals surface area (Å²) in [6, 6.07) is 7.13. The highest BCUT2D eigenvalue weighted by Gasteiger charge is 2.03. The molecular weight excluding hydrogens is 226 g/mol. The molecule has 0 bridgehead atoms. The lowest BCUT2D eigenvalue weighted by Crippen LogP contribution is -2.17. The van der Waals surface area contributed by atoms with Crippen molar-refractivity contribution < 1.29 is 0 Å². The molecule has 0 fully saturated rings. The predicted molar refractivity (Wildman–Crippen MR) is 63.2 cm³/mol. The van der Waals surface area contributed by atoms with Gasteiger partial charge in [-0.25, -0.2) is 4.98 Å². The van der Waals surface area contributed by atoms with E-state index < -0.39 is 0 Å². The number of aromatic nitrogens is 2. The number of hydrogen-bond acceptors (Lipinski definition) is 3. The molecule has 0 unspecified atom stereocenters. The Labute approximate surface area is 97.1 Å². The fourth-order valence-electron chi connectivity index (χ4n) is 1.35. The molecule has 2 rings (SSSR count). The maximum absolute atomic E-state index is 11.5. The Kier molecular flexibility index (Phi) is 3.03. The number of hydrogen-bond donors (Lipinski definition) is 2. The van der Waals surface area contributed by atoms with E-state index >= 15 is 0 Å². The van der Waals surface area contributed by atoms with Crippen LogP contribution in [0.3, 0.4) is 0 Å². The molecule has 3 N–H and O–H groups in total. The van der Waals surface area contributed by atoms with Crippen LogP contribution in [-0.4, -0.2) is 9.97 Å².